The summed E-state index contributed by atoms with van der Waals surface area (Å²) in [4.78, 5) is 40.3. The number of aliphatic hydroxyl groups excluding tert-OH is 4. The number of aldehydes is 1. The Balaban J connectivity index is 0.00000972. The van der Waals surface area contributed by atoms with Gasteiger partial charge in [-0.15, -0.1) is 12.4 Å². The summed E-state index contributed by atoms with van der Waals surface area (Å²) in [5.74, 6) is -3.38. The van der Waals surface area contributed by atoms with Gasteiger partial charge in [-0.2, -0.15) is 0 Å². The van der Waals surface area contributed by atoms with Crippen molar-refractivity contribution in [3.05, 3.63) is 23.8 Å². The molecule has 3 heterocycles. The van der Waals surface area contributed by atoms with E-state index in [2.05, 4.69) is 0 Å². The Kier molecular flexibility index (Phi) is 18.7. The lowest BCUT2D eigenvalue weighted by atomic mass is 9.79. The van der Waals surface area contributed by atoms with Crippen LogP contribution in [0.25, 0.3) is 0 Å². The van der Waals surface area contributed by atoms with Crippen molar-refractivity contribution < 1.29 is 63.6 Å². The number of rotatable bonds is 9. The minimum Gasteiger partial charge on any atom is -0.462 e. The second-order valence-electron chi connectivity index (χ2n) is 15.5. The molecule has 0 aliphatic carbocycles. The van der Waals surface area contributed by atoms with Gasteiger partial charge in [0.05, 0.1) is 49.1 Å². The summed E-state index contributed by atoms with van der Waals surface area (Å²) in [6.45, 7) is 11.6. The summed E-state index contributed by atoms with van der Waals surface area (Å²) in [5, 5.41) is 54.5. The lowest BCUT2D eigenvalue weighted by Gasteiger charge is -2.50. The van der Waals surface area contributed by atoms with Gasteiger partial charge in [0.25, 0.3) is 0 Å². The molecule has 306 valence electrons. The van der Waals surface area contributed by atoms with Crippen LogP contribution in [0.4, 0.5) is 0 Å². The highest BCUT2D eigenvalue weighted by molar-refractivity contribution is 5.91. The predicted octanol–water partition coefficient (Wildman–Crippen LogP) is 2.10. The van der Waals surface area contributed by atoms with Crippen LogP contribution in [-0.4, -0.2) is 142 Å². The van der Waals surface area contributed by atoms with Crippen molar-refractivity contribution in [2.45, 2.75) is 154 Å². The molecular formula is C38H64ClNO13. The molecule has 0 unspecified atom stereocenters. The molecule has 2 saturated heterocycles. The van der Waals surface area contributed by atoms with Gasteiger partial charge in [-0.3, -0.25) is 9.59 Å². The van der Waals surface area contributed by atoms with E-state index < -0.39 is 109 Å². The minimum absolute atomic E-state index is 0. The molecule has 15 heteroatoms. The Bertz CT molecular complexity index is 1250. The monoisotopic (exact) mass is 777 g/mol. The van der Waals surface area contributed by atoms with E-state index in [9.17, 15) is 39.9 Å². The van der Waals surface area contributed by atoms with Crippen LogP contribution in [0, 0.1) is 23.7 Å². The summed E-state index contributed by atoms with van der Waals surface area (Å²) >= 11 is 0. The summed E-state index contributed by atoms with van der Waals surface area (Å²) in [6, 6.07) is -0.720. The van der Waals surface area contributed by atoms with Crippen molar-refractivity contribution in [2.75, 3.05) is 20.7 Å². The highest BCUT2D eigenvalue weighted by atomic mass is 35.5. The second kappa shape index (κ2) is 20.9. The molecule has 0 amide bonds. The van der Waals surface area contributed by atoms with E-state index in [1.54, 1.807) is 65.8 Å². The van der Waals surface area contributed by atoms with E-state index in [-0.39, 0.29) is 44.1 Å². The van der Waals surface area contributed by atoms with E-state index >= 15 is 0 Å². The summed E-state index contributed by atoms with van der Waals surface area (Å²) in [6.07, 6.45) is -4.08. The molecule has 3 rings (SSSR count). The van der Waals surface area contributed by atoms with Gasteiger partial charge in [-0.05, 0) is 66.6 Å². The minimum atomic E-state index is -1.47. The predicted molar refractivity (Wildman–Crippen MR) is 197 cm³/mol. The zero-order valence-electron chi connectivity index (χ0n) is 32.6. The molecule has 0 spiro atoms. The van der Waals surface area contributed by atoms with Crippen LogP contribution >= 0.6 is 12.4 Å². The van der Waals surface area contributed by atoms with Crippen molar-refractivity contribution >= 4 is 30.4 Å². The molecule has 0 saturated carbocycles. The van der Waals surface area contributed by atoms with Crippen LogP contribution in [0.3, 0.4) is 0 Å². The van der Waals surface area contributed by atoms with Gasteiger partial charge in [-0.25, -0.2) is 0 Å². The number of ether oxygens (including phenoxy) is 5. The van der Waals surface area contributed by atoms with Crippen LogP contribution < -0.4 is 0 Å². The van der Waals surface area contributed by atoms with Crippen molar-refractivity contribution in [1.82, 2.24) is 4.90 Å². The Morgan fingerprint density at radius 3 is 2.25 bits per heavy atom. The van der Waals surface area contributed by atoms with E-state index in [0.29, 0.717) is 12.0 Å². The fourth-order valence-electron chi connectivity index (χ4n) is 7.68. The normalized spacial score (nSPS) is 44.0. The van der Waals surface area contributed by atoms with Gasteiger partial charge >= 0.3 is 5.97 Å². The number of allylic oxidation sites excluding steroid dienone is 3. The van der Waals surface area contributed by atoms with E-state index in [1.807, 2.05) is 6.92 Å². The zero-order valence-corrected chi connectivity index (χ0v) is 33.4. The Morgan fingerprint density at radius 2 is 1.68 bits per heavy atom. The molecule has 0 aromatic rings. The first-order chi connectivity index (χ1) is 24.3. The zero-order chi connectivity index (χ0) is 39.1. The van der Waals surface area contributed by atoms with Gasteiger partial charge in [0.1, 0.15) is 30.7 Å². The largest absolute Gasteiger partial charge is 0.462 e. The third kappa shape index (κ3) is 12.3. The van der Waals surface area contributed by atoms with Gasteiger partial charge in [-0.1, -0.05) is 38.5 Å². The van der Waals surface area contributed by atoms with Gasteiger partial charge in [0, 0.05) is 30.6 Å². The number of cyclic esters (lactones) is 1. The molecule has 3 aliphatic heterocycles. The van der Waals surface area contributed by atoms with Crippen molar-refractivity contribution in [3.8, 4) is 0 Å². The van der Waals surface area contributed by atoms with E-state index in [0.717, 1.165) is 6.29 Å². The summed E-state index contributed by atoms with van der Waals surface area (Å²) < 4.78 is 30.7. The number of carbonyl (C=O) groups excluding carboxylic acids is 3. The average Bonchev–Trinajstić information content (AvgIpc) is 3.07. The molecule has 0 aromatic heterocycles. The Morgan fingerprint density at radius 1 is 1.02 bits per heavy atom. The van der Waals surface area contributed by atoms with Gasteiger partial charge in [0.15, 0.2) is 18.4 Å². The fourth-order valence-corrected chi connectivity index (χ4v) is 7.68. The molecule has 16 atom stereocenters. The first-order valence-corrected chi connectivity index (χ1v) is 18.5. The maximum Gasteiger partial charge on any atom is 0.308 e. The number of hydrogen-bond donors (Lipinski definition) is 5. The second-order valence-corrected chi connectivity index (χ2v) is 15.5. The van der Waals surface area contributed by atoms with Crippen LogP contribution in [-0.2, 0) is 38.1 Å². The molecule has 0 aromatic carbocycles. The molecule has 53 heavy (non-hydrogen) atoms. The summed E-state index contributed by atoms with van der Waals surface area (Å²) in [7, 11) is 3.51. The topological polar surface area (TPSA) is 202 Å². The third-order valence-electron chi connectivity index (χ3n) is 10.9. The maximum atomic E-state index is 13.3. The lowest BCUT2D eigenvalue weighted by molar-refractivity contribution is -0.341. The first-order valence-electron chi connectivity index (χ1n) is 18.5. The van der Waals surface area contributed by atoms with Crippen LogP contribution in [0.15, 0.2) is 23.8 Å². The maximum absolute atomic E-state index is 13.3. The quantitative estimate of drug-likeness (QED) is 0.168. The lowest BCUT2D eigenvalue weighted by Crippen LogP contribution is -2.65. The number of carbonyl (C=O) groups is 3. The van der Waals surface area contributed by atoms with Crippen LogP contribution in [0.5, 0.6) is 0 Å². The Labute approximate surface area is 320 Å². The molecule has 0 bridgehead atoms. The number of ketones is 1. The smallest absolute Gasteiger partial charge is 0.308 e. The Hall–Kier alpha value is -1.82. The number of halogens is 1. The number of nitrogens with zero attached hydrogens (tertiary/aromatic N) is 1. The van der Waals surface area contributed by atoms with Gasteiger partial charge < -0.3 is 58.9 Å². The SMILES string of the molecule is CC[C@H]1OC(=O)C[C@@H](O)[C@H](C)[C@@H](O[C@@H]2O[C@H](C)[C@@H](O[C@H]3C[C@@](C)(O)[C@@H](O)[C@H](C)O3)[C@H](N(C)C)[C@H]2O)[C@@H](CC=O)C[C@@H](C)C(=O)/C=C/C(C)=C/[C@H]1CO.Cl. The highest BCUT2D eigenvalue weighted by Crippen LogP contribution is 2.37. The van der Waals surface area contributed by atoms with Crippen molar-refractivity contribution in [1.29, 1.82) is 0 Å². The highest BCUT2D eigenvalue weighted by Gasteiger charge is 2.51. The standard InChI is InChI=1S/C38H63NO13.ClH/c1-10-29-26(19-41)15-20(2)11-12-27(42)21(3)16-25(13-14-40)34(22(4)28(43)17-30(44)50-29)52-37-33(45)32(39(8)9)35(23(5)49-37)51-31-18-38(7,47)36(46)24(6)48-31;/h11-12,14-15,21-26,28-29,31-37,41,43,45-47H,10,13,16-19H2,1-9H3;1H/b12-11+,20-15+;/t21-,22+,23-,24+,25+,26+,28-,29-,31+,32-,33-,34-,35-,36+,37+,38-;/m1./s1. The number of likely N-dealkylation sites (N-methyl/N-ethyl adjacent to an activating group) is 1. The molecule has 2 fully saturated rings. The van der Waals surface area contributed by atoms with Crippen LogP contribution in [0.1, 0.15) is 80.6 Å². The number of esters is 1. The molecule has 0 radical (unpaired) electrons. The van der Waals surface area contributed by atoms with Crippen molar-refractivity contribution in [2.24, 2.45) is 23.7 Å². The third-order valence-corrected chi connectivity index (χ3v) is 10.9. The fraction of sp³-hybridized carbons (Fsp3) is 0.816. The molecule has 3 aliphatic rings. The molecule has 14 nitrogen and oxygen atoms in total. The summed E-state index contributed by atoms with van der Waals surface area (Å²) in [5.41, 5.74) is -0.773. The van der Waals surface area contributed by atoms with E-state index in [4.69, 9.17) is 23.7 Å². The number of hydrogen-bond acceptors (Lipinski definition) is 14. The molecular weight excluding hydrogens is 714 g/mol. The van der Waals surface area contributed by atoms with E-state index in [1.165, 1.54) is 13.0 Å². The van der Waals surface area contributed by atoms with Crippen LogP contribution in [0.2, 0.25) is 0 Å². The first kappa shape index (κ1) is 47.3. The van der Waals surface area contributed by atoms with Gasteiger partial charge in [0.2, 0.25) is 0 Å². The van der Waals surface area contributed by atoms with Crippen molar-refractivity contribution in [3.63, 3.8) is 0 Å². The molecule has 5 N–H and O–H groups in total. The average molecular weight is 778 g/mol. The number of aliphatic hydroxyl groups is 5.